The molecule has 3 nitrogen and oxygen atoms in total. The van der Waals surface area contributed by atoms with E-state index in [4.69, 9.17) is 15.7 Å². The van der Waals surface area contributed by atoms with E-state index in [-0.39, 0.29) is 22.2 Å². The van der Waals surface area contributed by atoms with E-state index in [0.29, 0.717) is 0 Å². The average molecular weight is 189 g/mol. The molecule has 64 valence electrons. The maximum absolute atomic E-state index is 11.1. The van der Waals surface area contributed by atoms with Crippen LogP contribution >= 0.6 is 11.6 Å². The number of methoxy groups -OCH3 is 1. The van der Waals surface area contributed by atoms with Gasteiger partial charge in [0.15, 0.2) is 5.78 Å². The fourth-order valence-electron chi connectivity index (χ4n) is 0.763. The van der Waals surface area contributed by atoms with E-state index in [2.05, 4.69) is 9.72 Å². The molecule has 1 rings (SSSR count). The predicted octanol–water partition coefficient (Wildman–Crippen LogP) is 1.95. The standard InChI is InChI=1S/C8H8ClNO2/c1-5(11)8-7(12-2)3-6(9)4-10-8/h3-4H,1-2H3/i2D3. The van der Waals surface area contributed by atoms with Crippen LogP contribution in [0.5, 0.6) is 5.75 Å². The van der Waals surface area contributed by atoms with E-state index in [9.17, 15) is 4.79 Å². The van der Waals surface area contributed by atoms with E-state index < -0.39 is 7.04 Å². The Labute approximate surface area is 79.5 Å². The summed E-state index contributed by atoms with van der Waals surface area (Å²) in [5.41, 5.74) is -0.0458. The van der Waals surface area contributed by atoms with Crippen molar-refractivity contribution in [2.75, 3.05) is 7.04 Å². The van der Waals surface area contributed by atoms with Gasteiger partial charge >= 0.3 is 0 Å². The highest BCUT2D eigenvalue weighted by atomic mass is 35.5. The summed E-state index contributed by atoms with van der Waals surface area (Å²) in [5.74, 6) is -0.513. The van der Waals surface area contributed by atoms with E-state index >= 15 is 0 Å². The number of hydrogen-bond acceptors (Lipinski definition) is 3. The van der Waals surface area contributed by atoms with Gasteiger partial charge in [-0.15, -0.1) is 0 Å². The van der Waals surface area contributed by atoms with E-state index in [1.807, 2.05) is 0 Å². The molecule has 0 bridgehead atoms. The molecule has 1 heterocycles. The van der Waals surface area contributed by atoms with E-state index in [1.54, 1.807) is 0 Å². The third-order valence-corrected chi connectivity index (χ3v) is 1.47. The SMILES string of the molecule is [2H]C([2H])([2H])Oc1cc(Cl)cnc1C(C)=O. The van der Waals surface area contributed by atoms with Gasteiger partial charge in [0.25, 0.3) is 0 Å². The second-order valence-electron chi connectivity index (χ2n) is 2.16. The monoisotopic (exact) mass is 188 g/mol. The lowest BCUT2D eigenvalue weighted by atomic mass is 10.2. The molecule has 0 aliphatic carbocycles. The molecule has 0 aliphatic rings. The Morgan fingerprint density at radius 3 is 3.17 bits per heavy atom. The molecule has 0 fully saturated rings. The third kappa shape index (κ3) is 1.74. The van der Waals surface area contributed by atoms with Crippen molar-refractivity contribution in [2.45, 2.75) is 6.92 Å². The summed E-state index contributed by atoms with van der Waals surface area (Å²) >= 11 is 5.61. The molecular formula is C8H8ClNO2. The number of Topliss-reactive ketones (excluding diaryl/α,β-unsaturated/α-hetero) is 1. The van der Waals surface area contributed by atoms with Crippen molar-refractivity contribution in [3.05, 3.63) is 23.0 Å². The summed E-state index contributed by atoms with van der Waals surface area (Å²) in [7, 11) is -2.63. The summed E-state index contributed by atoms with van der Waals surface area (Å²) in [5, 5.41) is 0.208. The van der Waals surface area contributed by atoms with Crippen LogP contribution in [0, 0.1) is 0 Å². The zero-order valence-electron chi connectivity index (χ0n) is 9.30. The predicted molar refractivity (Wildman–Crippen MR) is 45.8 cm³/mol. The van der Waals surface area contributed by atoms with Crippen LogP contribution in [0.3, 0.4) is 0 Å². The molecule has 0 amide bonds. The summed E-state index contributed by atoms with van der Waals surface area (Å²) in [4.78, 5) is 14.8. The van der Waals surface area contributed by atoms with Crippen LogP contribution in [-0.2, 0) is 0 Å². The van der Waals surface area contributed by atoms with Crippen LogP contribution in [0.1, 0.15) is 21.5 Å². The minimum atomic E-state index is -2.63. The van der Waals surface area contributed by atoms with Crippen molar-refractivity contribution < 1.29 is 13.6 Å². The van der Waals surface area contributed by atoms with Crippen molar-refractivity contribution >= 4 is 17.4 Å². The van der Waals surface area contributed by atoms with Crippen LogP contribution in [-0.4, -0.2) is 17.8 Å². The van der Waals surface area contributed by atoms with Crippen LogP contribution < -0.4 is 4.74 Å². The average Bonchev–Trinajstić information content (AvgIpc) is 1.99. The van der Waals surface area contributed by atoms with Crippen LogP contribution in [0.15, 0.2) is 12.3 Å². The molecule has 0 saturated heterocycles. The summed E-state index contributed by atoms with van der Waals surface area (Å²) in [6, 6.07) is 1.25. The largest absolute Gasteiger partial charge is 0.494 e. The molecule has 12 heavy (non-hydrogen) atoms. The number of aromatic nitrogens is 1. The zero-order chi connectivity index (χ0) is 11.6. The smallest absolute Gasteiger partial charge is 0.181 e. The Hall–Kier alpha value is -1.09. The van der Waals surface area contributed by atoms with Crippen LogP contribution in [0.4, 0.5) is 0 Å². The second-order valence-corrected chi connectivity index (χ2v) is 2.59. The molecule has 0 spiro atoms. The van der Waals surface area contributed by atoms with Crippen LogP contribution in [0.25, 0.3) is 0 Å². The highest BCUT2D eigenvalue weighted by Gasteiger charge is 2.09. The molecule has 0 radical (unpaired) electrons. The van der Waals surface area contributed by atoms with Gasteiger partial charge in [-0.1, -0.05) is 11.6 Å². The van der Waals surface area contributed by atoms with E-state index in [1.165, 1.54) is 19.2 Å². The Kier molecular flexibility index (Phi) is 1.63. The minimum Gasteiger partial charge on any atom is -0.494 e. The Morgan fingerprint density at radius 1 is 1.83 bits per heavy atom. The van der Waals surface area contributed by atoms with Crippen molar-refractivity contribution in [1.82, 2.24) is 4.98 Å². The van der Waals surface area contributed by atoms with Crippen molar-refractivity contribution in [3.63, 3.8) is 0 Å². The molecule has 0 saturated carbocycles. The first-order chi connectivity index (χ1) is 6.79. The van der Waals surface area contributed by atoms with Crippen molar-refractivity contribution in [3.8, 4) is 5.75 Å². The summed E-state index contributed by atoms with van der Waals surface area (Å²) in [6.07, 6.45) is 1.25. The number of carbonyl (C=O) groups excluding carboxylic acids is 1. The number of ketones is 1. The zero-order valence-corrected chi connectivity index (χ0v) is 7.05. The number of carbonyl (C=O) groups is 1. The molecule has 0 atom stereocenters. The molecule has 1 aromatic rings. The number of ether oxygens (including phenoxy) is 1. The van der Waals surface area contributed by atoms with Crippen LogP contribution in [0.2, 0.25) is 5.02 Å². The molecule has 0 aromatic carbocycles. The Bertz CT molecular complexity index is 392. The quantitative estimate of drug-likeness (QED) is 0.666. The van der Waals surface area contributed by atoms with Gasteiger partial charge in [-0.2, -0.15) is 0 Å². The lowest BCUT2D eigenvalue weighted by Gasteiger charge is -2.03. The van der Waals surface area contributed by atoms with Crippen molar-refractivity contribution in [2.24, 2.45) is 0 Å². The maximum Gasteiger partial charge on any atom is 0.181 e. The number of rotatable bonds is 2. The van der Waals surface area contributed by atoms with Gasteiger partial charge in [0.1, 0.15) is 11.4 Å². The lowest BCUT2D eigenvalue weighted by molar-refractivity contribution is 0.101. The van der Waals surface area contributed by atoms with E-state index in [0.717, 1.165) is 0 Å². The molecule has 0 N–H and O–H groups in total. The topological polar surface area (TPSA) is 39.2 Å². The van der Waals surface area contributed by atoms with Gasteiger partial charge in [-0.3, -0.25) is 4.79 Å². The fraction of sp³-hybridized carbons (Fsp3) is 0.250. The Morgan fingerprint density at radius 2 is 2.58 bits per heavy atom. The first-order valence-electron chi connectivity index (χ1n) is 4.65. The third-order valence-electron chi connectivity index (χ3n) is 1.26. The summed E-state index contributed by atoms with van der Waals surface area (Å²) < 4.78 is 25.3. The lowest BCUT2D eigenvalue weighted by Crippen LogP contribution is -2.00. The molecular weight excluding hydrogens is 178 g/mol. The van der Waals surface area contributed by atoms with Gasteiger partial charge in [0.05, 0.1) is 16.2 Å². The normalized spacial score (nSPS) is 14.3. The second kappa shape index (κ2) is 3.54. The number of nitrogens with zero attached hydrogens (tertiary/aromatic N) is 1. The first-order valence-corrected chi connectivity index (χ1v) is 3.53. The number of halogens is 1. The molecule has 1 aromatic heterocycles. The van der Waals surface area contributed by atoms with Gasteiger partial charge in [0, 0.05) is 19.2 Å². The van der Waals surface area contributed by atoms with Gasteiger partial charge in [-0.05, 0) is 0 Å². The highest BCUT2D eigenvalue weighted by Crippen LogP contribution is 2.20. The molecule has 4 heteroatoms. The number of pyridine rings is 1. The highest BCUT2D eigenvalue weighted by molar-refractivity contribution is 6.30. The first kappa shape index (κ1) is 5.54. The summed E-state index contributed by atoms with van der Waals surface area (Å²) in [6.45, 7) is 1.27. The maximum atomic E-state index is 11.1. The van der Waals surface area contributed by atoms with Gasteiger partial charge in [-0.25, -0.2) is 4.98 Å². The number of hydrogen-bond donors (Lipinski definition) is 0. The fourth-order valence-corrected chi connectivity index (χ4v) is 0.911. The molecule has 0 unspecified atom stereocenters. The Balaban J connectivity index is 3.13. The van der Waals surface area contributed by atoms with Crippen molar-refractivity contribution in [1.29, 1.82) is 0 Å². The molecule has 0 aliphatic heterocycles. The minimum absolute atomic E-state index is 0.0458. The van der Waals surface area contributed by atoms with Gasteiger partial charge < -0.3 is 4.74 Å². The van der Waals surface area contributed by atoms with Gasteiger partial charge in [0.2, 0.25) is 0 Å².